The van der Waals surface area contributed by atoms with E-state index in [1.165, 1.54) is 25.3 Å². The summed E-state index contributed by atoms with van der Waals surface area (Å²) in [4.78, 5) is 75.7. The quantitative estimate of drug-likeness (QED) is 0.0738. The Morgan fingerprint density at radius 2 is 1.82 bits per heavy atom. The standard InChI is InChI=1S/C45H52F2N10O8/c46-40(47)39-33(51-41(59)34-25-65-43(52-34)28-13-15-49-36(19-28)50-20-26-5-6-26)23-56(54-39)29-9-7-27(8-10-29)21-55-16-18-64-30(22-55)24-63-17-2-14-48-32-4-1-3-31-38(32)45(62)57(44(31)61)35-11-12-37(58)53-42(35)60/h1,3-4,13,15,19,23,25-27,29-30,35,40,48H,2,5-12,14,16-18,20-22,24H2,(H,49,50)(H,51,59)(H,53,58,60)/t27-,29-,30-,35?/m0/s1. The van der Waals surface area contributed by atoms with Crippen LogP contribution in [0.1, 0.15) is 107 Å². The number of amides is 5. The number of pyridine rings is 1. The SMILES string of the molecule is O=C1CCC(N2C(=O)c3cccc(NCCCOC[C@@H]4CN(C[C@H]5CC[C@H](n6cc(NC(=O)c7coc(-c8ccnc(NCC9CC9)c8)n7)c(C(F)F)n6)CC5)CCO4)c3C2=O)C(=O)N1. The topological polar surface area (TPSA) is 215 Å². The number of rotatable bonds is 18. The second kappa shape index (κ2) is 19.5. The minimum atomic E-state index is -2.89. The molecule has 4 aromatic rings. The van der Waals surface area contributed by atoms with Crippen LogP contribution in [0.15, 0.2) is 53.4 Å². The molecular formula is C45H52F2N10O8. The Morgan fingerprint density at radius 3 is 2.62 bits per heavy atom. The van der Waals surface area contributed by atoms with Crippen LogP contribution in [0.3, 0.4) is 0 Å². The Bertz CT molecular complexity index is 2410. The average Bonchev–Trinajstić information content (AvgIpc) is 3.71. The molecule has 18 nitrogen and oxygen atoms in total. The first kappa shape index (κ1) is 44.1. The number of nitrogens with one attached hydrogen (secondary N) is 4. The Hall–Kier alpha value is -6.12. The van der Waals surface area contributed by atoms with Crippen molar-refractivity contribution < 1.29 is 46.6 Å². The van der Waals surface area contributed by atoms with Gasteiger partial charge < -0.3 is 29.8 Å². The maximum atomic E-state index is 14.2. The second-order valence-electron chi connectivity index (χ2n) is 17.4. The molecule has 2 saturated carbocycles. The molecule has 0 bridgehead atoms. The normalized spacial score (nSPS) is 22.6. The van der Waals surface area contributed by atoms with Crippen molar-refractivity contribution in [2.45, 2.75) is 82.4 Å². The van der Waals surface area contributed by atoms with Crippen LogP contribution in [0.5, 0.6) is 0 Å². The van der Waals surface area contributed by atoms with Crippen LogP contribution in [0.25, 0.3) is 11.5 Å². The van der Waals surface area contributed by atoms with Gasteiger partial charge in [-0.15, -0.1) is 0 Å². The highest BCUT2D eigenvalue weighted by molar-refractivity contribution is 6.25. The number of morpholine rings is 1. The van der Waals surface area contributed by atoms with E-state index in [0.717, 1.165) is 56.8 Å². The zero-order valence-electron chi connectivity index (χ0n) is 35.8. The molecule has 65 heavy (non-hydrogen) atoms. The minimum Gasteiger partial charge on any atom is -0.444 e. The summed E-state index contributed by atoms with van der Waals surface area (Å²) < 4.78 is 47.5. The van der Waals surface area contributed by atoms with Gasteiger partial charge in [-0.2, -0.15) is 5.10 Å². The van der Waals surface area contributed by atoms with E-state index < -0.39 is 47.7 Å². The lowest BCUT2D eigenvalue weighted by molar-refractivity contribution is -0.136. The summed E-state index contributed by atoms with van der Waals surface area (Å²) in [5.74, 6) is -0.880. The van der Waals surface area contributed by atoms with Crippen molar-refractivity contribution in [2.24, 2.45) is 11.8 Å². The molecule has 4 fully saturated rings. The van der Waals surface area contributed by atoms with E-state index in [1.807, 2.05) is 0 Å². The first-order valence-electron chi connectivity index (χ1n) is 22.4. The molecule has 3 aromatic heterocycles. The number of hydrogen-bond donors (Lipinski definition) is 4. The fourth-order valence-corrected chi connectivity index (χ4v) is 9.06. The van der Waals surface area contributed by atoms with Crippen molar-refractivity contribution in [3.63, 3.8) is 0 Å². The molecule has 5 aliphatic rings. The molecule has 4 N–H and O–H groups in total. The number of halogens is 2. The number of benzene rings is 1. The van der Waals surface area contributed by atoms with Crippen LogP contribution >= 0.6 is 0 Å². The largest absolute Gasteiger partial charge is 0.444 e. The second-order valence-corrected chi connectivity index (χ2v) is 17.4. The van der Waals surface area contributed by atoms with Gasteiger partial charge in [-0.3, -0.25) is 43.8 Å². The molecule has 1 aromatic carbocycles. The van der Waals surface area contributed by atoms with Crippen LogP contribution in [-0.2, 0) is 19.1 Å². The molecule has 344 valence electrons. The van der Waals surface area contributed by atoms with Crippen molar-refractivity contribution in [2.75, 3.05) is 68.5 Å². The number of aromatic nitrogens is 4. The molecule has 9 rings (SSSR count). The first-order valence-corrected chi connectivity index (χ1v) is 22.4. The van der Waals surface area contributed by atoms with Gasteiger partial charge in [0.2, 0.25) is 17.7 Å². The summed E-state index contributed by atoms with van der Waals surface area (Å²) in [5, 5.41) is 15.6. The van der Waals surface area contributed by atoms with E-state index in [-0.39, 0.29) is 53.4 Å². The highest BCUT2D eigenvalue weighted by Gasteiger charge is 2.45. The number of imide groups is 2. The summed E-state index contributed by atoms with van der Waals surface area (Å²) in [7, 11) is 0. The van der Waals surface area contributed by atoms with Crippen LogP contribution in [0, 0.1) is 11.8 Å². The number of fused-ring (bicyclic) bond motifs is 1. The van der Waals surface area contributed by atoms with Crippen LogP contribution in [0.2, 0.25) is 0 Å². The lowest BCUT2D eigenvalue weighted by Gasteiger charge is -2.37. The van der Waals surface area contributed by atoms with Gasteiger partial charge in [0.1, 0.15) is 18.1 Å². The van der Waals surface area contributed by atoms with E-state index >= 15 is 0 Å². The van der Waals surface area contributed by atoms with Gasteiger partial charge in [0.05, 0.1) is 42.2 Å². The fraction of sp³-hybridized carbons (Fsp3) is 0.511. The Kier molecular flexibility index (Phi) is 13.3. The maximum absolute atomic E-state index is 14.2. The minimum absolute atomic E-state index is 0.0440. The zero-order chi connectivity index (χ0) is 45.0. The lowest BCUT2D eigenvalue weighted by atomic mass is 9.85. The van der Waals surface area contributed by atoms with Crippen molar-refractivity contribution >= 4 is 46.7 Å². The number of hydrogen-bond acceptors (Lipinski definition) is 14. The highest BCUT2D eigenvalue weighted by atomic mass is 19.3. The van der Waals surface area contributed by atoms with Crippen LogP contribution < -0.4 is 21.3 Å². The molecule has 2 atom stereocenters. The number of ether oxygens (including phenoxy) is 2. The van der Waals surface area contributed by atoms with Gasteiger partial charge in [-0.25, -0.2) is 18.7 Å². The molecule has 0 spiro atoms. The van der Waals surface area contributed by atoms with Crippen LogP contribution in [0.4, 0.5) is 26.0 Å². The summed E-state index contributed by atoms with van der Waals surface area (Å²) in [6.07, 6.45) is 7.84. The predicted octanol–water partition coefficient (Wildman–Crippen LogP) is 5.30. The van der Waals surface area contributed by atoms with Crippen molar-refractivity contribution in [3.8, 4) is 11.5 Å². The summed E-state index contributed by atoms with van der Waals surface area (Å²) in [6, 6.07) is 7.37. The molecule has 5 amide bonds. The number of carbonyl (C=O) groups is 5. The Balaban J connectivity index is 0.697. The summed E-state index contributed by atoms with van der Waals surface area (Å²) >= 11 is 0. The van der Waals surface area contributed by atoms with Crippen LogP contribution in [-0.4, -0.2) is 124 Å². The van der Waals surface area contributed by atoms with Gasteiger partial charge in [-0.05, 0) is 87.5 Å². The van der Waals surface area contributed by atoms with Crippen molar-refractivity contribution in [3.05, 3.63) is 71.5 Å². The number of nitrogens with zero attached hydrogens (tertiary/aromatic N) is 6. The smallest absolute Gasteiger partial charge is 0.284 e. The van der Waals surface area contributed by atoms with Gasteiger partial charge in [0.25, 0.3) is 24.1 Å². The molecule has 1 unspecified atom stereocenters. The number of anilines is 3. The third-order valence-electron chi connectivity index (χ3n) is 12.7. The molecule has 20 heteroatoms. The number of alkyl halides is 2. The summed E-state index contributed by atoms with van der Waals surface area (Å²) in [5.41, 5.74) is 0.979. The third kappa shape index (κ3) is 10.2. The van der Waals surface area contributed by atoms with E-state index in [9.17, 15) is 32.8 Å². The molecule has 3 aliphatic heterocycles. The monoisotopic (exact) mass is 898 g/mol. The van der Waals surface area contributed by atoms with E-state index in [1.54, 1.807) is 41.2 Å². The van der Waals surface area contributed by atoms with E-state index in [0.29, 0.717) is 61.7 Å². The van der Waals surface area contributed by atoms with E-state index in [4.69, 9.17) is 13.9 Å². The number of oxazole rings is 1. The highest BCUT2D eigenvalue weighted by Crippen LogP contribution is 2.36. The Labute approximate surface area is 373 Å². The average molecular weight is 899 g/mol. The number of piperidine rings is 1. The third-order valence-corrected chi connectivity index (χ3v) is 12.7. The first-order chi connectivity index (χ1) is 31.6. The molecule has 0 radical (unpaired) electrons. The number of carbonyl (C=O) groups excluding carboxylic acids is 5. The maximum Gasteiger partial charge on any atom is 0.284 e. The van der Waals surface area contributed by atoms with Gasteiger partial charge in [0.15, 0.2) is 11.4 Å². The van der Waals surface area contributed by atoms with Crippen molar-refractivity contribution in [1.29, 1.82) is 0 Å². The lowest BCUT2D eigenvalue weighted by Crippen LogP contribution is -2.54. The van der Waals surface area contributed by atoms with Gasteiger partial charge in [0, 0.05) is 69.4 Å². The van der Waals surface area contributed by atoms with Crippen molar-refractivity contribution in [1.82, 2.24) is 34.9 Å². The van der Waals surface area contributed by atoms with E-state index in [2.05, 4.69) is 41.2 Å². The van der Waals surface area contributed by atoms with Gasteiger partial charge >= 0.3 is 0 Å². The molecular weight excluding hydrogens is 847 g/mol. The fourth-order valence-electron chi connectivity index (χ4n) is 9.06. The molecule has 2 saturated heterocycles. The van der Waals surface area contributed by atoms with Gasteiger partial charge in [-0.1, -0.05) is 6.07 Å². The molecule has 2 aliphatic carbocycles. The zero-order valence-corrected chi connectivity index (χ0v) is 35.8. The Morgan fingerprint density at radius 1 is 0.985 bits per heavy atom. The summed E-state index contributed by atoms with van der Waals surface area (Å²) in [6.45, 7) is 5.18. The molecule has 6 heterocycles. The predicted molar refractivity (Wildman–Crippen MR) is 230 cm³/mol.